The molecule has 0 radical (unpaired) electrons. The van der Waals surface area contributed by atoms with Crippen molar-refractivity contribution in [2.45, 2.75) is 40.7 Å². The lowest BCUT2D eigenvalue weighted by atomic mass is 10.0. The SMILES string of the molecule is CC.CCCOc1cc(-c2ccc(CNC(=O)c3cccc(=O)[nH]3)cc2)ccc1C. The van der Waals surface area contributed by atoms with E-state index in [1.807, 2.05) is 45.0 Å². The lowest BCUT2D eigenvalue weighted by Gasteiger charge is -2.11. The molecule has 2 N–H and O–H groups in total. The Hall–Kier alpha value is -3.34. The summed E-state index contributed by atoms with van der Waals surface area (Å²) in [6.45, 7) is 9.22. The normalized spacial score (nSPS) is 10.0. The molecule has 0 spiro atoms. The van der Waals surface area contributed by atoms with Crippen LogP contribution in [-0.4, -0.2) is 17.5 Å². The highest BCUT2D eigenvalue weighted by Gasteiger charge is 2.07. The van der Waals surface area contributed by atoms with Crippen LogP contribution in [0, 0.1) is 6.92 Å². The number of aryl methyl sites for hydroxylation is 1. The Morgan fingerprint density at radius 2 is 1.70 bits per heavy atom. The minimum Gasteiger partial charge on any atom is -0.493 e. The first kappa shape index (κ1) is 22.9. The van der Waals surface area contributed by atoms with Crippen LogP contribution in [0.15, 0.2) is 65.5 Å². The number of hydrogen-bond acceptors (Lipinski definition) is 3. The van der Waals surface area contributed by atoms with Gasteiger partial charge in [0.1, 0.15) is 11.4 Å². The third kappa shape index (κ3) is 6.34. The van der Waals surface area contributed by atoms with Gasteiger partial charge in [0.05, 0.1) is 6.61 Å². The molecule has 2 aromatic carbocycles. The second-order valence-electron chi connectivity index (χ2n) is 6.64. The van der Waals surface area contributed by atoms with E-state index in [-0.39, 0.29) is 17.2 Å². The molecule has 0 fully saturated rings. The van der Waals surface area contributed by atoms with E-state index in [0.29, 0.717) is 13.2 Å². The van der Waals surface area contributed by atoms with Crippen molar-refractivity contribution in [2.24, 2.45) is 0 Å². The maximum atomic E-state index is 12.1. The number of nitrogens with one attached hydrogen (secondary N) is 2. The van der Waals surface area contributed by atoms with Crippen LogP contribution in [0.4, 0.5) is 0 Å². The summed E-state index contributed by atoms with van der Waals surface area (Å²) >= 11 is 0. The van der Waals surface area contributed by atoms with E-state index in [4.69, 9.17) is 4.74 Å². The summed E-state index contributed by atoms with van der Waals surface area (Å²) in [7, 11) is 0. The van der Waals surface area contributed by atoms with Crippen LogP contribution in [0.1, 0.15) is 48.8 Å². The summed E-state index contributed by atoms with van der Waals surface area (Å²) in [5.41, 5.74) is 4.24. The first-order valence-corrected chi connectivity index (χ1v) is 10.4. The van der Waals surface area contributed by atoms with Gasteiger partial charge in [-0.1, -0.05) is 63.2 Å². The van der Waals surface area contributed by atoms with Crippen LogP contribution in [0.25, 0.3) is 11.1 Å². The molecule has 5 nitrogen and oxygen atoms in total. The zero-order valence-electron chi connectivity index (χ0n) is 18.1. The van der Waals surface area contributed by atoms with Gasteiger partial charge in [-0.05, 0) is 47.7 Å². The molecule has 1 amide bonds. The smallest absolute Gasteiger partial charge is 0.268 e. The quantitative estimate of drug-likeness (QED) is 0.574. The van der Waals surface area contributed by atoms with E-state index < -0.39 is 0 Å². The summed E-state index contributed by atoms with van der Waals surface area (Å²) in [5, 5.41) is 2.81. The first-order valence-electron chi connectivity index (χ1n) is 10.4. The third-order valence-electron chi connectivity index (χ3n) is 4.40. The Morgan fingerprint density at radius 3 is 2.37 bits per heavy atom. The molecule has 0 aliphatic heterocycles. The van der Waals surface area contributed by atoms with Gasteiger partial charge in [-0.3, -0.25) is 9.59 Å². The zero-order chi connectivity index (χ0) is 21.9. The fourth-order valence-electron chi connectivity index (χ4n) is 2.82. The molecule has 1 heterocycles. The van der Waals surface area contributed by atoms with Crippen LogP contribution in [0.2, 0.25) is 0 Å². The first-order chi connectivity index (χ1) is 14.6. The average Bonchev–Trinajstić information content (AvgIpc) is 2.78. The molecule has 0 atom stereocenters. The summed E-state index contributed by atoms with van der Waals surface area (Å²) in [6, 6.07) is 18.7. The number of pyridine rings is 1. The van der Waals surface area contributed by atoms with Crippen molar-refractivity contribution in [1.29, 1.82) is 0 Å². The highest BCUT2D eigenvalue weighted by Crippen LogP contribution is 2.27. The van der Waals surface area contributed by atoms with Gasteiger partial charge in [0.2, 0.25) is 5.56 Å². The number of carbonyl (C=O) groups is 1. The number of amides is 1. The Labute approximate surface area is 178 Å². The van der Waals surface area contributed by atoms with Crippen molar-refractivity contribution in [3.63, 3.8) is 0 Å². The molecule has 30 heavy (non-hydrogen) atoms. The third-order valence-corrected chi connectivity index (χ3v) is 4.40. The fraction of sp³-hybridized carbons (Fsp3) is 0.280. The number of aromatic nitrogens is 1. The summed E-state index contributed by atoms with van der Waals surface area (Å²) in [4.78, 5) is 25.9. The highest BCUT2D eigenvalue weighted by atomic mass is 16.5. The van der Waals surface area contributed by atoms with Crippen LogP contribution in [-0.2, 0) is 6.54 Å². The van der Waals surface area contributed by atoms with E-state index in [9.17, 15) is 9.59 Å². The second-order valence-corrected chi connectivity index (χ2v) is 6.64. The molecular formula is C25H30N2O3. The van der Waals surface area contributed by atoms with Crippen molar-refractivity contribution >= 4 is 5.91 Å². The van der Waals surface area contributed by atoms with Gasteiger partial charge in [-0.25, -0.2) is 0 Å². The Morgan fingerprint density at radius 1 is 1.00 bits per heavy atom. The topological polar surface area (TPSA) is 71.2 Å². The van der Waals surface area contributed by atoms with Gasteiger partial charge >= 0.3 is 0 Å². The summed E-state index contributed by atoms with van der Waals surface area (Å²) in [6.07, 6.45) is 0.973. The van der Waals surface area contributed by atoms with Crippen LogP contribution < -0.4 is 15.6 Å². The van der Waals surface area contributed by atoms with Gasteiger partial charge in [-0.15, -0.1) is 0 Å². The standard InChI is InChI=1S/C23H24N2O3.C2H6/c1-3-13-28-21-14-19(10-7-16(21)2)18-11-8-17(9-12-18)15-24-23(27)20-5-4-6-22(26)25-20;1-2/h4-12,14H,3,13,15H2,1-2H3,(H,24,27)(H,25,26);1-2H3. The largest absolute Gasteiger partial charge is 0.493 e. The Balaban J connectivity index is 0.00000155. The van der Waals surface area contributed by atoms with Gasteiger partial charge in [0, 0.05) is 12.6 Å². The monoisotopic (exact) mass is 406 g/mol. The van der Waals surface area contributed by atoms with E-state index in [1.165, 1.54) is 6.07 Å². The van der Waals surface area contributed by atoms with Crippen molar-refractivity contribution in [2.75, 3.05) is 6.61 Å². The molecule has 158 valence electrons. The van der Waals surface area contributed by atoms with Crippen LogP contribution in [0.3, 0.4) is 0 Å². The fourth-order valence-corrected chi connectivity index (χ4v) is 2.82. The number of H-pyrrole nitrogens is 1. The van der Waals surface area contributed by atoms with Gasteiger partial charge in [-0.2, -0.15) is 0 Å². The lowest BCUT2D eigenvalue weighted by molar-refractivity contribution is 0.0945. The molecule has 3 aromatic rings. The number of ether oxygens (including phenoxy) is 1. The molecule has 0 aliphatic carbocycles. The molecule has 0 unspecified atom stereocenters. The number of benzene rings is 2. The van der Waals surface area contributed by atoms with Crippen molar-refractivity contribution in [3.8, 4) is 16.9 Å². The molecule has 0 aliphatic rings. The van der Waals surface area contributed by atoms with Gasteiger partial charge in [0.15, 0.2) is 0 Å². The predicted molar refractivity (Wildman–Crippen MR) is 122 cm³/mol. The van der Waals surface area contributed by atoms with Gasteiger partial charge < -0.3 is 15.0 Å². The molecule has 0 saturated heterocycles. The summed E-state index contributed by atoms with van der Waals surface area (Å²) in [5.74, 6) is 0.602. The van der Waals surface area contributed by atoms with Crippen molar-refractivity contribution in [1.82, 2.24) is 10.3 Å². The highest BCUT2D eigenvalue weighted by molar-refractivity contribution is 5.92. The number of aromatic amines is 1. The number of rotatable bonds is 7. The second kappa shape index (κ2) is 11.6. The minimum absolute atomic E-state index is 0.253. The molecular weight excluding hydrogens is 376 g/mol. The summed E-state index contributed by atoms with van der Waals surface area (Å²) < 4.78 is 5.81. The van der Waals surface area contributed by atoms with Crippen LogP contribution >= 0.6 is 0 Å². The molecule has 0 saturated carbocycles. The predicted octanol–water partition coefficient (Wildman–Crippen LogP) is 5.10. The van der Waals surface area contributed by atoms with Crippen LogP contribution in [0.5, 0.6) is 5.75 Å². The maximum absolute atomic E-state index is 12.1. The molecule has 0 bridgehead atoms. The van der Waals surface area contributed by atoms with Gasteiger partial charge in [0.25, 0.3) is 5.91 Å². The van der Waals surface area contributed by atoms with Crippen molar-refractivity contribution in [3.05, 3.63) is 87.8 Å². The average molecular weight is 407 g/mol. The number of carbonyl (C=O) groups excluding carboxylic acids is 1. The van der Waals surface area contributed by atoms with Crippen molar-refractivity contribution < 1.29 is 9.53 Å². The Kier molecular flexibility index (Phi) is 8.88. The number of hydrogen-bond donors (Lipinski definition) is 2. The van der Waals surface area contributed by atoms with E-state index in [1.54, 1.807) is 12.1 Å². The minimum atomic E-state index is -0.307. The molecule has 5 heteroatoms. The maximum Gasteiger partial charge on any atom is 0.268 e. The van der Waals surface area contributed by atoms with E-state index in [2.05, 4.69) is 35.4 Å². The van der Waals surface area contributed by atoms with E-state index >= 15 is 0 Å². The Bertz CT molecular complexity index is 1010. The molecule has 3 rings (SSSR count). The lowest BCUT2D eigenvalue weighted by Crippen LogP contribution is -2.25. The van der Waals surface area contributed by atoms with E-state index in [0.717, 1.165) is 34.4 Å². The molecule has 1 aromatic heterocycles. The zero-order valence-corrected chi connectivity index (χ0v) is 18.1.